The highest BCUT2D eigenvalue weighted by Gasteiger charge is 2.49. The smallest absolute Gasteiger partial charge is 0.308 e. The van der Waals surface area contributed by atoms with Gasteiger partial charge in [-0.25, -0.2) is 4.79 Å². The zero-order valence-electron chi connectivity index (χ0n) is 20.2. The van der Waals surface area contributed by atoms with E-state index >= 15 is 0 Å². The number of carbonyl (C=O) groups excluding carboxylic acids is 1. The highest BCUT2D eigenvalue weighted by atomic mass is 16.7. The minimum atomic E-state index is -0.791. The summed E-state index contributed by atoms with van der Waals surface area (Å²) in [6.07, 6.45) is 7.18. The second kappa shape index (κ2) is 12.2. The van der Waals surface area contributed by atoms with Gasteiger partial charge < -0.3 is 14.6 Å². The maximum absolute atomic E-state index is 12.6. The Balaban J connectivity index is 1.98. The molecule has 7 nitrogen and oxygen atoms in total. The number of unbranched alkanes of at least 4 members (excludes halogenated alkanes) is 2. The van der Waals surface area contributed by atoms with Gasteiger partial charge in [-0.2, -0.15) is 0 Å². The highest BCUT2D eigenvalue weighted by molar-refractivity contribution is 5.73. The Morgan fingerprint density at radius 2 is 1.88 bits per heavy atom. The molecular weight excluding hydrogens is 420 g/mol. The summed E-state index contributed by atoms with van der Waals surface area (Å²) < 4.78 is 11.0. The number of likely N-dealkylation sites (tertiary alicyclic amines) is 1. The summed E-state index contributed by atoms with van der Waals surface area (Å²) in [4.78, 5) is 28.7. The van der Waals surface area contributed by atoms with E-state index in [0.717, 1.165) is 57.2 Å². The molecule has 33 heavy (non-hydrogen) atoms. The Kier molecular flexibility index (Phi) is 9.36. The van der Waals surface area contributed by atoms with Crippen molar-refractivity contribution in [2.24, 2.45) is 5.92 Å². The third kappa shape index (κ3) is 5.78. The number of aliphatic carboxylic acids is 1. The number of hydrogen-bond donors (Lipinski definition) is 1. The predicted octanol–water partition coefficient (Wildman–Crippen LogP) is 4.30. The zero-order valence-corrected chi connectivity index (χ0v) is 20.2. The molecule has 4 atom stereocenters. The summed E-state index contributed by atoms with van der Waals surface area (Å²) >= 11 is 0. The summed E-state index contributed by atoms with van der Waals surface area (Å²) in [5.74, 6) is 1.84. The molecule has 0 radical (unpaired) electrons. The molecule has 182 valence electrons. The molecule has 0 aromatic heterocycles. The molecule has 2 heterocycles. The van der Waals surface area contributed by atoms with Gasteiger partial charge in [0.05, 0.1) is 12.1 Å². The molecule has 2 aliphatic rings. The quantitative estimate of drug-likeness (QED) is 0.442. The van der Waals surface area contributed by atoms with Crippen LogP contribution in [-0.2, 0) is 9.59 Å². The molecule has 0 spiro atoms. The van der Waals surface area contributed by atoms with Gasteiger partial charge in [0.2, 0.25) is 6.79 Å². The second-order valence-electron chi connectivity index (χ2n) is 9.08. The second-order valence-corrected chi connectivity index (χ2v) is 9.08. The number of nitrogens with zero attached hydrogens (tertiary/aromatic N) is 2. The molecule has 7 heteroatoms. The first-order valence-electron chi connectivity index (χ1n) is 12.4. The molecule has 1 fully saturated rings. The van der Waals surface area contributed by atoms with Crippen LogP contribution in [0, 0.1) is 5.92 Å². The molecule has 1 N–H and O–H groups in total. The minimum Gasteiger partial charge on any atom is -0.481 e. The van der Waals surface area contributed by atoms with Crippen LogP contribution < -0.4 is 9.47 Å². The number of carboxylic acids is 1. The topological polar surface area (TPSA) is 79.3 Å². The molecule has 1 saturated heterocycles. The maximum atomic E-state index is 12.6. The van der Waals surface area contributed by atoms with E-state index in [-0.39, 0.29) is 24.9 Å². The number of hydrogen-bond acceptors (Lipinski definition) is 6. The van der Waals surface area contributed by atoms with Crippen molar-refractivity contribution >= 4 is 11.9 Å². The van der Waals surface area contributed by atoms with Crippen LogP contribution in [0.25, 0.3) is 0 Å². The van der Waals surface area contributed by atoms with Crippen molar-refractivity contribution < 1.29 is 24.2 Å². The average molecular weight is 459 g/mol. The van der Waals surface area contributed by atoms with E-state index in [9.17, 15) is 14.7 Å². The van der Waals surface area contributed by atoms with Crippen molar-refractivity contribution in [1.29, 1.82) is 0 Å². The lowest BCUT2D eigenvalue weighted by molar-refractivity contribution is -0.143. The van der Waals surface area contributed by atoms with E-state index in [2.05, 4.69) is 30.6 Å². The molecule has 0 saturated carbocycles. The van der Waals surface area contributed by atoms with E-state index in [1.54, 1.807) is 6.08 Å². The first kappa shape index (κ1) is 25.3. The summed E-state index contributed by atoms with van der Waals surface area (Å²) in [6, 6.07) is 5.58. The number of ether oxygens (including phenoxy) is 2. The molecule has 0 aliphatic carbocycles. The monoisotopic (exact) mass is 458 g/mol. The van der Waals surface area contributed by atoms with Crippen molar-refractivity contribution in [1.82, 2.24) is 9.80 Å². The van der Waals surface area contributed by atoms with Crippen molar-refractivity contribution in [2.45, 2.75) is 77.4 Å². The van der Waals surface area contributed by atoms with E-state index in [1.807, 2.05) is 24.1 Å². The normalized spacial score (nSPS) is 23.0. The molecule has 4 unspecified atom stereocenters. The van der Waals surface area contributed by atoms with Gasteiger partial charge in [0.25, 0.3) is 0 Å². The SMILES string of the molecule is CCCCN(CCCC)C(C=C=O)N1CC(c2ccc3c(c2)OCO3)C(C(=O)O)C1CCC. The first-order chi connectivity index (χ1) is 16.0. The summed E-state index contributed by atoms with van der Waals surface area (Å²) in [5, 5.41) is 10.3. The van der Waals surface area contributed by atoms with Crippen molar-refractivity contribution in [3.63, 3.8) is 0 Å². The van der Waals surface area contributed by atoms with Gasteiger partial charge in [0, 0.05) is 24.6 Å². The van der Waals surface area contributed by atoms with E-state index in [4.69, 9.17) is 9.47 Å². The van der Waals surface area contributed by atoms with Gasteiger partial charge >= 0.3 is 5.97 Å². The molecule has 0 amide bonds. The van der Waals surface area contributed by atoms with Crippen LogP contribution in [0.3, 0.4) is 0 Å². The van der Waals surface area contributed by atoms with Crippen molar-refractivity contribution in [2.75, 3.05) is 26.4 Å². The van der Waals surface area contributed by atoms with Crippen LogP contribution in [0.1, 0.15) is 70.8 Å². The third-order valence-corrected chi connectivity index (χ3v) is 6.90. The predicted molar refractivity (Wildman–Crippen MR) is 127 cm³/mol. The first-order valence-corrected chi connectivity index (χ1v) is 12.4. The van der Waals surface area contributed by atoms with Gasteiger partial charge in [0.1, 0.15) is 5.94 Å². The van der Waals surface area contributed by atoms with Crippen LogP contribution in [0.2, 0.25) is 0 Å². The number of carbonyl (C=O) groups is 1. The van der Waals surface area contributed by atoms with Gasteiger partial charge in [0.15, 0.2) is 11.5 Å². The van der Waals surface area contributed by atoms with Gasteiger partial charge in [-0.1, -0.05) is 46.1 Å². The third-order valence-electron chi connectivity index (χ3n) is 6.90. The van der Waals surface area contributed by atoms with Crippen LogP contribution >= 0.6 is 0 Å². The fourth-order valence-electron chi connectivity index (χ4n) is 5.26. The van der Waals surface area contributed by atoms with Gasteiger partial charge in [-0.15, -0.1) is 0 Å². The number of carboxylic acid groups (broad SMARTS) is 1. The Labute approximate surface area is 197 Å². The number of rotatable bonds is 13. The summed E-state index contributed by atoms with van der Waals surface area (Å²) in [6.45, 7) is 8.91. The molecule has 1 aromatic carbocycles. The fourth-order valence-corrected chi connectivity index (χ4v) is 5.26. The maximum Gasteiger partial charge on any atom is 0.308 e. The molecule has 3 rings (SSSR count). The Morgan fingerprint density at radius 1 is 1.18 bits per heavy atom. The lowest BCUT2D eigenvalue weighted by atomic mass is 9.84. The van der Waals surface area contributed by atoms with Gasteiger partial charge in [-0.05, 0) is 50.0 Å². The van der Waals surface area contributed by atoms with Crippen molar-refractivity contribution in [3.05, 3.63) is 29.8 Å². The highest BCUT2D eigenvalue weighted by Crippen LogP contribution is 2.44. The fraction of sp³-hybridized carbons (Fsp3) is 0.654. The minimum absolute atomic E-state index is 0.164. The van der Waals surface area contributed by atoms with Gasteiger partial charge in [-0.3, -0.25) is 14.6 Å². The number of benzene rings is 1. The van der Waals surface area contributed by atoms with Crippen LogP contribution in [-0.4, -0.2) is 65.5 Å². The van der Waals surface area contributed by atoms with Crippen molar-refractivity contribution in [3.8, 4) is 11.5 Å². The Bertz CT molecular complexity index is 830. The molecule has 2 aliphatic heterocycles. The number of fused-ring (bicyclic) bond motifs is 1. The average Bonchev–Trinajstić information content (AvgIpc) is 3.42. The van der Waals surface area contributed by atoms with E-state index in [0.29, 0.717) is 18.0 Å². The summed E-state index contributed by atoms with van der Waals surface area (Å²) in [7, 11) is 0. The van der Waals surface area contributed by atoms with Crippen LogP contribution in [0.5, 0.6) is 11.5 Å². The Hall–Kier alpha value is -2.34. The largest absolute Gasteiger partial charge is 0.481 e. The zero-order chi connectivity index (χ0) is 23.8. The standard InChI is InChI=1S/C26H38N2O5/c1-4-7-13-27(14-8-5-2)24(12-15-29)28-17-20(25(26(30)31)21(28)9-6-3)19-10-11-22-23(16-19)33-18-32-22/h10-12,16,20-21,24-25H,4-9,13-14,17-18H2,1-3H3,(H,30,31). The Morgan fingerprint density at radius 3 is 2.48 bits per heavy atom. The molecule has 1 aromatic rings. The molecular formula is C26H38N2O5. The van der Waals surface area contributed by atoms with E-state index < -0.39 is 11.9 Å². The lowest BCUT2D eigenvalue weighted by Crippen LogP contribution is -2.51. The van der Waals surface area contributed by atoms with Crippen LogP contribution in [0.15, 0.2) is 24.3 Å². The van der Waals surface area contributed by atoms with E-state index in [1.165, 1.54) is 0 Å². The lowest BCUT2D eigenvalue weighted by Gasteiger charge is -2.39. The summed E-state index contributed by atoms with van der Waals surface area (Å²) in [5.41, 5.74) is 0.942. The van der Waals surface area contributed by atoms with Crippen LogP contribution in [0.4, 0.5) is 0 Å². The molecule has 0 bridgehead atoms.